The maximum atomic E-state index is 5.83. The van der Waals surface area contributed by atoms with Crippen molar-refractivity contribution in [2.45, 2.75) is 113 Å². The Bertz CT molecular complexity index is 542. The molecular formula is C23H37N2P. The van der Waals surface area contributed by atoms with Crippen LogP contribution in [0.5, 0.6) is 0 Å². The molecule has 0 saturated heterocycles. The molecule has 3 saturated carbocycles. The summed E-state index contributed by atoms with van der Waals surface area (Å²) >= 11 is 0. The van der Waals surface area contributed by atoms with Gasteiger partial charge in [-0.3, -0.25) is 9.73 Å². The van der Waals surface area contributed by atoms with Gasteiger partial charge in [0.2, 0.25) is 0 Å². The smallest absolute Gasteiger partial charge is 0.0644 e. The van der Waals surface area contributed by atoms with Gasteiger partial charge in [0.1, 0.15) is 0 Å². The standard InChI is InChI=1S/C23H37N2P/c1-4-10-21(11-5-1)26(22-12-6-2-7-13-22,23-14-8-3-9-15-23)25-20-16-18-24-19-17-20/h16-19,21-23H,1-15H2. The highest BCUT2D eigenvalue weighted by molar-refractivity contribution is 7.68. The fraction of sp³-hybridized carbons (Fsp3) is 0.783. The van der Waals surface area contributed by atoms with E-state index in [1.54, 1.807) is 0 Å². The zero-order valence-corrected chi connectivity index (χ0v) is 17.4. The molecule has 0 spiro atoms. The lowest BCUT2D eigenvalue weighted by Crippen LogP contribution is -2.31. The van der Waals surface area contributed by atoms with Crippen LogP contribution in [0.2, 0.25) is 0 Å². The minimum atomic E-state index is -1.35. The van der Waals surface area contributed by atoms with Gasteiger partial charge in [0.05, 0.1) is 5.69 Å². The van der Waals surface area contributed by atoms with Crippen LogP contribution in [-0.2, 0) is 0 Å². The molecule has 1 aromatic rings. The van der Waals surface area contributed by atoms with Gasteiger partial charge >= 0.3 is 0 Å². The highest BCUT2D eigenvalue weighted by atomic mass is 31.2. The molecule has 26 heavy (non-hydrogen) atoms. The predicted octanol–water partition coefficient (Wildman–Crippen LogP) is 7.91. The molecule has 144 valence electrons. The van der Waals surface area contributed by atoms with E-state index in [0.29, 0.717) is 0 Å². The van der Waals surface area contributed by atoms with Crippen LogP contribution < -0.4 is 0 Å². The van der Waals surface area contributed by atoms with Crippen molar-refractivity contribution in [3.63, 3.8) is 0 Å². The van der Waals surface area contributed by atoms with Crippen LogP contribution in [-0.4, -0.2) is 22.0 Å². The highest BCUT2D eigenvalue weighted by Crippen LogP contribution is 2.71. The van der Waals surface area contributed by atoms with E-state index >= 15 is 0 Å². The Labute approximate surface area is 160 Å². The van der Waals surface area contributed by atoms with Gasteiger partial charge in [0.15, 0.2) is 0 Å². The number of nitrogens with zero attached hydrogens (tertiary/aromatic N) is 2. The van der Waals surface area contributed by atoms with E-state index in [1.807, 2.05) is 12.4 Å². The van der Waals surface area contributed by atoms with E-state index < -0.39 is 7.05 Å². The quantitative estimate of drug-likeness (QED) is 0.493. The molecule has 0 aliphatic heterocycles. The van der Waals surface area contributed by atoms with Crippen LogP contribution in [0.4, 0.5) is 5.69 Å². The third-order valence-corrected chi connectivity index (χ3v) is 13.1. The topological polar surface area (TPSA) is 25.2 Å². The number of pyridine rings is 1. The Morgan fingerprint density at radius 2 is 1.00 bits per heavy atom. The molecule has 2 nitrogen and oxygen atoms in total. The van der Waals surface area contributed by atoms with Crippen molar-refractivity contribution < 1.29 is 0 Å². The Morgan fingerprint density at radius 1 is 0.615 bits per heavy atom. The number of rotatable bonds is 4. The molecule has 3 aliphatic rings. The molecule has 3 fully saturated rings. The van der Waals surface area contributed by atoms with Gasteiger partial charge in [0, 0.05) is 12.4 Å². The van der Waals surface area contributed by atoms with Crippen LogP contribution in [0.25, 0.3) is 0 Å². The van der Waals surface area contributed by atoms with Crippen molar-refractivity contribution in [3.8, 4) is 0 Å². The SMILES string of the molecule is c1cc(N=P(C2CCCCC2)(C2CCCCC2)C2CCCCC2)ccn1. The lowest BCUT2D eigenvalue weighted by atomic mass is 9.99. The third kappa shape index (κ3) is 3.96. The predicted molar refractivity (Wildman–Crippen MR) is 114 cm³/mol. The summed E-state index contributed by atoms with van der Waals surface area (Å²) in [6.45, 7) is 0. The zero-order valence-electron chi connectivity index (χ0n) is 16.5. The summed E-state index contributed by atoms with van der Waals surface area (Å²) in [6.07, 6.45) is 25.8. The number of aromatic nitrogens is 1. The van der Waals surface area contributed by atoms with Gasteiger partial charge < -0.3 is 0 Å². The van der Waals surface area contributed by atoms with E-state index in [4.69, 9.17) is 4.74 Å². The zero-order chi connectivity index (χ0) is 17.7. The Morgan fingerprint density at radius 3 is 1.38 bits per heavy atom. The monoisotopic (exact) mass is 372 g/mol. The molecule has 0 radical (unpaired) electrons. The van der Waals surface area contributed by atoms with Crippen LogP contribution in [0.3, 0.4) is 0 Å². The number of hydrogen-bond donors (Lipinski definition) is 0. The van der Waals surface area contributed by atoms with Crippen LogP contribution >= 0.6 is 7.05 Å². The van der Waals surface area contributed by atoms with E-state index in [9.17, 15) is 0 Å². The van der Waals surface area contributed by atoms with Crippen molar-refractivity contribution >= 4 is 12.7 Å². The minimum absolute atomic E-state index is 0.926. The maximum Gasteiger partial charge on any atom is 0.0644 e. The van der Waals surface area contributed by atoms with Crippen LogP contribution in [0.15, 0.2) is 29.3 Å². The highest BCUT2D eigenvalue weighted by Gasteiger charge is 2.44. The van der Waals surface area contributed by atoms with E-state index in [-0.39, 0.29) is 0 Å². The van der Waals surface area contributed by atoms with Crippen molar-refractivity contribution in [2.24, 2.45) is 4.74 Å². The largest absolute Gasteiger partial charge is 0.267 e. The van der Waals surface area contributed by atoms with E-state index in [2.05, 4.69) is 17.1 Å². The second kappa shape index (κ2) is 9.05. The summed E-state index contributed by atoms with van der Waals surface area (Å²) in [5.41, 5.74) is 4.02. The Kier molecular flexibility index (Phi) is 6.52. The van der Waals surface area contributed by atoms with E-state index in [1.165, 1.54) is 102 Å². The Hall–Kier alpha value is -0.620. The van der Waals surface area contributed by atoms with Gasteiger partial charge in [-0.15, -0.1) is 0 Å². The molecule has 0 atom stereocenters. The number of hydrogen-bond acceptors (Lipinski definition) is 2. The van der Waals surface area contributed by atoms with Crippen molar-refractivity contribution in [3.05, 3.63) is 24.5 Å². The summed E-state index contributed by atoms with van der Waals surface area (Å²) in [6, 6.07) is 4.37. The minimum Gasteiger partial charge on any atom is -0.267 e. The van der Waals surface area contributed by atoms with Gasteiger partial charge in [0.25, 0.3) is 0 Å². The molecular weight excluding hydrogens is 335 g/mol. The molecule has 0 unspecified atom stereocenters. The average molecular weight is 373 g/mol. The molecule has 3 heteroatoms. The van der Waals surface area contributed by atoms with Crippen molar-refractivity contribution in [2.75, 3.05) is 0 Å². The molecule has 3 aliphatic carbocycles. The van der Waals surface area contributed by atoms with Gasteiger partial charge in [-0.25, -0.2) is 0 Å². The normalized spacial score (nSPS) is 24.5. The summed E-state index contributed by atoms with van der Waals surface area (Å²) in [4.78, 5) is 4.27. The fourth-order valence-electron chi connectivity index (χ4n) is 6.23. The van der Waals surface area contributed by atoms with Gasteiger partial charge in [-0.2, -0.15) is 0 Å². The summed E-state index contributed by atoms with van der Waals surface area (Å²) in [7, 11) is -1.35. The van der Waals surface area contributed by atoms with Crippen molar-refractivity contribution in [1.29, 1.82) is 0 Å². The lowest BCUT2D eigenvalue weighted by molar-refractivity contribution is 0.455. The first-order chi connectivity index (χ1) is 12.9. The molecule has 1 aromatic heterocycles. The fourth-order valence-corrected chi connectivity index (χ4v) is 12.6. The van der Waals surface area contributed by atoms with Crippen LogP contribution in [0, 0.1) is 0 Å². The second-order valence-corrected chi connectivity index (χ2v) is 13.0. The molecule has 0 bridgehead atoms. The molecule has 0 amide bonds. The average Bonchev–Trinajstić information content (AvgIpc) is 2.75. The van der Waals surface area contributed by atoms with Gasteiger partial charge in [-0.05, 0) is 74.7 Å². The molecule has 4 rings (SSSR count). The Balaban J connectivity index is 1.81. The molecule has 0 N–H and O–H groups in total. The summed E-state index contributed by atoms with van der Waals surface area (Å²) < 4.78 is 5.83. The first kappa shape index (κ1) is 18.7. The maximum absolute atomic E-state index is 5.83. The summed E-state index contributed by atoms with van der Waals surface area (Å²) in [5, 5.41) is 0. The first-order valence-corrected chi connectivity index (χ1v) is 13.4. The van der Waals surface area contributed by atoms with Crippen LogP contribution in [0.1, 0.15) is 96.3 Å². The van der Waals surface area contributed by atoms with Gasteiger partial charge in [-0.1, -0.05) is 57.8 Å². The third-order valence-electron chi connectivity index (χ3n) is 7.43. The van der Waals surface area contributed by atoms with Crippen molar-refractivity contribution in [1.82, 2.24) is 4.98 Å². The molecule has 0 aromatic carbocycles. The lowest BCUT2D eigenvalue weighted by Gasteiger charge is -2.48. The first-order valence-electron chi connectivity index (χ1n) is 11.4. The summed E-state index contributed by atoms with van der Waals surface area (Å²) in [5.74, 6) is 0. The van der Waals surface area contributed by atoms with E-state index in [0.717, 1.165) is 17.0 Å². The molecule has 1 heterocycles. The second-order valence-electron chi connectivity index (χ2n) is 8.97.